The second-order valence-corrected chi connectivity index (χ2v) is 5.31. The Labute approximate surface area is 86.1 Å². The van der Waals surface area contributed by atoms with E-state index in [1.807, 2.05) is 11.9 Å². The monoisotopic (exact) mass is 199 g/mol. The topological polar surface area (TPSA) is 40.5 Å². The number of likely N-dealkylation sites (tertiary alicyclic amines) is 1. The van der Waals surface area contributed by atoms with Gasteiger partial charge in [-0.05, 0) is 18.4 Å². The van der Waals surface area contributed by atoms with Gasteiger partial charge in [-0.3, -0.25) is 9.69 Å². The van der Waals surface area contributed by atoms with Gasteiger partial charge in [-0.1, -0.05) is 27.7 Å². The zero-order valence-electron chi connectivity index (χ0n) is 9.74. The van der Waals surface area contributed by atoms with Gasteiger partial charge in [-0.2, -0.15) is 0 Å². The molecule has 1 aliphatic rings. The van der Waals surface area contributed by atoms with E-state index in [1.165, 1.54) is 0 Å². The van der Waals surface area contributed by atoms with Crippen LogP contribution in [0.25, 0.3) is 0 Å². The van der Waals surface area contributed by atoms with Gasteiger partial charge in [0.1, 0.15) is 6.04 Å². The van der Waals surface area contributed by atoms with Crippen molar-refractivity contribution in [2.24, 2.45) is 17.3 Å². The van der Waals surface area contributed by atoms with Gasteiger partial charge in [-0.15, -0.1) is 0 Å². The predicted octanol–water partition coefficient (Wildman–Crippen LogP) is 1.68. The molecule has 0 spiro atoms. The number of carboxylic acid groups (broad SMARTS) is 1. The van der Waals surface area contributed by atoms with Gasteiger partial charge in [0, 0.05) is 12.5 Å². The SMILES string of the molecule is CC(C)C(C)(C)C1CN(C)[C@@H]1C(=O)O. The van der Waals surface area contributed by atoms with Crippen LogP contribution in [0.15, 0.2) is 0 Å². The van der Waals surface area contributed by atoms with E-state index in [-0.39, 0.29) is 17.4 Å². The van der Waals surface area contributed by atoms with Gasteiger partial charge in [0.05, 0.1) is 0 Å². The van der Waals surface area contributed by atoms with E-state index < -0.39 is 5.97 Å². The molecule has 0 amide bonds. The molecule has 1 aliphatic heterocycles. The van der Waals surface area contributed by atoms with E-state index in [2.05, 4.69) is 27.7 Å². The van der Waals surface area contributed by atoms with Crippen molar-refractivity contribution >= 4 is 5.97 Å². The molecule has 1 fully saturated rings. The molecule has 0 aliphatic carbocycles. The van der Waals surface area contributed by atoms with Crippen molar-refractivity contribution in [1.29, 1.82) is 0 Å². The molecule has 0 radical (unpaired) electrons. The van der Waals surface area contributed by atoms with E-state index in [0.29, 0.717) is 5.92 Å². The van der Waals surface area contributed by atoms with Crippen LogP contribution in [0, 0.1) is 17.3 Å². The van der Waals surface area contributed by atoms with Crippen molar-refractivity contribution < 1.29 is 9.90 Å². The lowest BCUT2D eigenvalue weighted by atomic mass is 9.64. The molecule has 1 unspecified atom stereocenters. The first-order valence-corrected chi connectivity index (χ1v) is 5.21. The van der Waals surface area contributed by atoms with Crippen LogP contribution >= 0.6 is 0 Å². The summed E-state index contributed by atoms with van der Waals surface area (Å²) in [5, 5.41) is 9.08. The standard InChI is InChI=1S/C11H21NO2/c1-7(2)11(3,4)8-6-12(5)9(8)10(13)14/h7-9H,6H2,1-5H3,(H,13,14)/t8?,9-/m0/s1. The molecule has 1 N–H and O–H groups in total. The molecule has 0 aromatic carbocycles. The van der Waals surface area contributed by atoms with E-state index in [4.69, 9.17) is 5.11 Å². The molecule has 0 aromatic rings. The molecule has 3 nitrogen and oxygen atoms in total. The lowest BCUT2D eigenvalue weighted by molar-refractivity contribution is -0.159. The molecule has 14 heavy (non-hydrogen) atoms. The maximum Gasteiger partial charge on any atom is 0.321 e. The second kappa shape index (κ2) is 3.54. The average molecular weight is 199 g/mol. The third kappa shape index (κ3) is 1.65. The highest BCUT2D eigenvalue weighted by Crippen LogP contribution is 2.43. The van der Waals surface area contributed by atoms with Crippen molar-refractivity contribution in [2.45, 2.75) is 33.7 Å². The summed E-state index contributed by atoms with van der Waals surface area (Å²) in [7, 11) is 1.88. The van der Waals surface area contributed by atoms with E-state index in [9.17, 15) is 4.79 Å². The van der Waals surface area contributed by atoms with Gasteiger partial charge >= 0.3 is 5.97 Å². The Bertz CT molecular complexity index is 235. The Morgan fingerprint density at radius 3 is 2.29 bits per heavy atom. The van der Waals surface area contributed by atoms with Gasteiger partial charge in [0.25, 0.3) is 0 Å². The van der Waals surface area contributed by atoms with Crippen LogP contribution in [0.1, 0.15) is 27.7 Å². The number of likely N-dealkylation sites (N-methyl/N-ethyl adjacent to an activating group) is 1. The molecule has 2 atom stereocenters. The second-order valence-electron chi connectivity index (χ2n) is 5.31. The van der Waals surface area contributed by atoms with Crippen molar-refractivity contribution in [1.82, 2.24) is 4.90 Å². The molecule has 82 valence electrons. The predicted molar refractivity (Wildman–Crippen MR) is 56.2 cm³/mol. The Morgan fingerprint density at radius 2 is 2.00 bits per heavy atom. The summed E-state index contributed by atoms with van der Waals surface area (Å²) in [5.41, 5.74) is 0.107. The molecule has 0 aromatic heterocycles. The van der Waals surface area contributed by atoms with Crippen molar-refractivity contribution in [3.63, 3.8) is 0 Å². The summed E-state index contributed by atoms with van der Waals surface area (Å²) < 4.78 is 0. The minimum atomic E-state index is -0.683. The van der Waals surface area contributed by atoms with Gasteiger partial charge < -0.3 is 5.11 Å². The number of carbonyl (C=O) groups is 1. The zero-order chi connectivity index (χ0) is 11.1. The summed E-state index contributed by atoms with van der Waals surface area (Å²) in [6, 6.07) is -0.285. The smallest absolute Gasteiger partial charge is 0.321 e. The summed E-state index contributed by atoms with van der Waals surface area (Å²) in [5.74, 6) is 0.116. The number of carboxylic acids is 1. The fourth-order valence-corrected chi connectivity index (χ4v) is 2.12. The van der Waals surface area contributed by atoms with E-state index in [1.54, 1.807) is 0 Å². The molecule has 1 rings (SSSR count). The summed E-state index contributed by atoms with van der Waals surface area (Å²) in [6.07, 6.45) is 0. The molecule has 1 saturated heterocycles. The highest BCUT2D eigenvalue weighted by Gasteiger charge is 2.50. The highest BCUT2D eigenvalue weighted by molar-refractivity contribution is 5.75. The first kappa shape index (κ1) is 11.5. The fraction of sp³-hybridized carbons (Fsp3) is 0.909. The van der Waals surface area contributed by atoms with Crippen LogP contribution in [-0.2, 0) is 4.79 Å². The van der Waals surface area contributed by atoms with Crippen molar-refractivity contribution in [2.75, 3.05) is 13.6 Å². The third-order valence-corrected chi connectivity index (χ3v) is 4.04. The van der Waals surface area contributed by atoms with Crippen LogP contribution in [0.5, 0.6) is 0 Å². The highest BCUT2D eigenvalue weighted by atomic mass is 16.4. The Morgan fingerprint density at radius 1 is 1.50 bits per heavy atom. The number of hydrogen-bond donors (Lipinski definition) is 1. The molecule has 3 heteroatoms. The van der Waals surface area contributed by atoms with Crippen LogP contribution in [0.4, 0.5) is 0 Å². The zero-order valence-corrected chi connectivity index (χ0v) is 9.74. The molecular formula is C11H21NO2. The normalized spacial score (nSPS) is 29.0. The summed E-state index contributed by atoms with van der Waals surface area (Å²) >= 11 is 0. The Hall–Kier alpha value is -0.570. The largest absolute Gasteiger partial charge is 0.480 e. The molecule has 0 bridgehead atoms. The first-order valence-electron chi connectivity index (χ1n) is 5.21. The van der Waals surface area contributed by atoms with Crippen LogP contribution in [0.2, 0.25) is 0 Å². The molecule has 1 heterocycles. The summed E-state index contributed by atoms with van der Waals surface area (Å²) in [4.78, 5) is 12.9. The van der Waals surface area contributed by atoms with Crippen LogP contribution in [0.3, 0.4) is 0 Å². The fourth-order valence-electron chi connectivity index (χ4n) is 2.12. The van der Waals surface area contributed by atoms with Crippen molar-refractivity contribution in [3.05, 3.63) is 0 Å². The summed E-state index contributed by atoms with van der Waals surface area (Å²) in [6.45, 7) is 9.58. The maximum atomic E-state index is 11.0. The number of rotatable bonds is 3. The minimum Gasteiger partial charge on any atom is -0.480 e. The lowest BCUT2D eigenvalue weighted by Gasteiger charge is -2.52. The number of aliphatic carboxylic acids is 1. The molecule has 0 saturated carbocycles. The van der Waals surface area contributed by atoms with Crippen LogP contribution < -0.4 is 0 Å². The van der Waals surface area contributed by atoms with Crippen molar-refractivity contribution in [3.8, 4) is 0 Å². The quantitative estimate of drug-likeness (QED) is 0.752. The minimum absolute atomic E-state index is 0.107. The van der Waals surface area contributed by atoms with Gasteiger partial charge in [-0.25, -0.2) is 0 Å². The Balaban J connectivity index is 2.76. The van der Waals surface area contributed by atoms with E-state index in [0.717, 1.165) is 6.54 Å². The number of nitrogens with zero attached hydrogens (tertiary/aromatic N) is 1. The third-order valence-electron chi connectivity index (χ3n) is 4.04. The Kier molecular flexibility index (Phi) is 2.91. The van der Waals surface area contributed by atoms with Gasteiger partial charge in [0.15, 0.2) is 0 Å². The maximum absolute atomic E-state index is 11.0. The van der Waals surface area contributed by atoms with Crippen LogP contribution in [-0.4, -0.2) is 35.6 Å². The lowest BCUT2D eigenvalue weighted by Crippen LogP contribution is -2.63. The average Bonchev–Trinajstić information content (AvgIpc) is 1.97. The molecular weight excluding hydrogens is 178 g/mol. The van der Waals surface area contributed by atoms with Gasteiger partial charge in [0.2, 0.25) is 0 Å². The number of hydrogen-bond acceptors (Lipinski definition) is 2. The first-order chi connectivity index (χ1) is 6.28. The van der Waals surface area contributed by atoms with E-state index >= 15 is 0 Å².